The maximum absolute atomic E-state index is 12.1. The number of aliphatic carboxylic acids is 1. The lowest BCUT2D eigenvalue weighted by atomic mass is 9.43. The summed E-state index contributed by atoms with van der Waals surface area (Å²) in [7, 11) is -3.42. The molecule has 8 aliphatic rings. The van der Waals surface area contributed by atoms with Gasteiger partial charge in [0.25, 0.3) is 10.1 Å². The zero-order valence-corrected chi connectivity index (χ0v) is 39.7. The molecule has 0 aromatic rings. The summed E-state index contributed by atoms with van der Waals surface area (Å²) in [6.07, 6.45) is 19.9. The fourth-order valence-electron chi connectivity index (χ4n) is 17.8. The molecule has 9 nitrogen and oxygen atoms in total. The topological polar surface area (TPSA) is 147 Å². The summed E-state index contributed by atoms with van der Waals surface area (Å²) < 4.78 is 34.4. The molecule has 3 N–H and O–H groups in total. The molecule has 0 amide bonds. The van der Waals surface area contributed by atoms with Gasteiger partial charge in [-0.25, -0.2) is 0 Å². The van der Waals surface area contributed by atoms with Gasteiger partial charge in [-0.15, -0.1) is 0 Å². The monoisotopic (exact) mass is 861 g/mol. The van der Waals surface area contributed by atoms with Crippen molar-refractivity contribution in [2.75, 3.05) is 12.9 Å². The highest BCUT2D eigenvalue weighted by Crippen LogP contribution is 2.70. The lowest BCUT2D eigenvalue weighted by Gasteiger charge is -2.63. The van der Waals surface area contributed by atoms with Crippen molar-refractivity contribution in [3.8, 4) is 0 Å². The Bertz CT molecular complexity index is 1670. The van der Waals surface area contributed by atoms with Crippen LogP contribution in [0.5, 0.6) is 0 Å². The van der Waals surface area contributed by atoms with Crippen molar-refractivity contribution in [2.45, 2.75) is 189 Å². The van der Waals surface area contributed by atoms with Crippen LogP contribution < -0.4 is 0 Å². The molecule has 8 fully saturated rings. The Hall–Kier alpha value is -1.23. The van der Waals surface area contributed by atoms with Crippen LogP contribution in [-0.4, -0.2) is 66.9 Å². The van der Waals surface area contributed by atoms with Crippen molar-refractivity contribution in [1.29, 1.82) is 0 Å². The second kappa shape index (κ2) is 17.3. The van der Waals surface area contributed by atoms with Gasteiger partial charge in [-0.1, -0.05) is 54.9 Å². The normalized spacial score (nSPS) is 49.2. The largest absolute Gasteiger partial charge is 0.481 e. The molecule has 344 valence electrons. The highest BCUT2D eigenvalue weighted by atomic mass is 32.2. The number of fused-ring (bicyclic) bond motifs is 10. The number of hydrogen-bond donors (Lipinski definition) is 3. The lowest BCUT2D eigenvalue weighted by molar-refractivity contribution is -0.191. The number of carbonyl (C=O) groups excluding carboxylic acids is 1. The minimum absolute atomic E-state index is 0.0341. The predicted octanol–water partition coefficient (Wildman–Crippen LogP) is 9.91. The molecule has 6 unspecified atom stereocenters. The third kappa shape index (κ3) is 8.54. The molecule has 0 heterocycles. The Balaban J connectivity index is 0.000000183. The van der Waals surface area contributed by atoms with Gasteiger partial charge in [0.15, 0.2) is 0 Å². The average Bonchev–Trinajstić information content (AvgIpc) is 3.71. The molecule has 0 aliphatic heterocycles. The first-order valence-corrected chi connectivity index (χ1v) is 26.4. The van der Waals surface area contributed by atoms with E-state index in [9.17, 15) is 28.2 Å². The van der Waals surface area contributed by atoms with E-state index in [2.05, 4.69) is 48.5 Å². The number of ether oxygens (including phenoxy) is 1. The van der Waals surface area contributed by atoms with Gasteiger partial charge in [0.1, 0.15) is 6.10 Å². The van der Waals surface area contributed by atoms with E-state index in [4.69, 9.17) is 14.0 Å². The van der Waals surface area contributed by atoms with Gasteiger partial charge in [-0.3, -0.25) is 13.8 Å². The lowest BCUT2D eigenvalue weighted by Crippen LogP contribution is -2.59. The highest BCUT2D eigenvalue weighted by molar-refractivity contribution is 7.85. The number of carboxylic acid groups (broad SMARTS) is 1. The Kier molecular flexibility index (Phi) is 13.5. The number of rotatable bonds is 9. The third-order valence-electron chi connectivity index (χ3n) is 20.8. The van der Waals surface area contributed by atoms with Gasteiger partial charge in [-0.05, 0) is 195 Å². The molecule has 8 saturated carbocycles. The second-order valence-corrected chi connectivity index (χ2v) is 25.5. The minimum Gasteiger partial charge on any atom is -0.481 e. The summed E-state index contributed by atoms with van der Waals surface area (Å²) in [6.45, 7) is 18.5. The molecular weight excluding hydrogens is 777 g/mol. The van der Waals surface area contributed by atoms with Crippen LogP contribution in [0.15, 0.2) is 0 Å². The van der Waals surface area contributed by atoms with Crippen LogP contribution in [0.2, 0.25) is 0 Å². The molecule has 0 radical (unpaired) electrons. The SMILES string of the molecule is CC(=O)OC1C[C@@H]2C[C@@H](C)CC[C@]2(C)C2CC[C@@]3(C)C(CC[C@@H]3[C@H](C)COS(C)(=O)=O)[C@H]12.C[C@H](CCC(=O)O)[C@H]1CCC2[C@@H]3C(O)C[C@@H]4C[C@@H](O)CC[C@]4(C)C3CC[C@@]21C. The summed E-state index contributed by atoms with van der Waals surface area (Å²) in [5.41, 5.74) is 1.04. The minimum atomic E-state index is -3.42. The Morgan fingerprint density at radius 2 is 1.20 bits per heavy atom. The van der Waals surface area contributed by atoms with Crippen molar-refractivity contribution in [1.82, 2.24) is 0 Å². The number of hydrogen-bond acceptors (Lipinski definition) is 8. The van der Waals surface area contributed by atoms with Gasteiger partial charge < -0.3 is 20.1 Å². The van der Waals surface area contributed by atoms with Crippen molar-refractivity contribution in [2.24, 2.45) is 98.6 Å². The van der Waals surface area contributed by atoms with Crippen LogP contribution in [0, 0.1) is 98.6 Å². The quantitative estimate of drug-likeness (QED) is 0.152. The van der Waals surface area contributed by atoms with Crippen LogP contribution in [-0.2, 0) is 28.6 Å². The molecule has 0 saturated heterocycles. The van der Waals surface area contributed by atoms with Crippen LogP contribution in [0.1, 0.15) is 171 Å². The van der Waals surface area contributed by atoms with Gasteiger partial charge in [0.05, 0.1) is 25.1 Å². The molecule has 8 rings (SSSR count). The standard InChI is InChI=1S/C26H44O5S.C24H40O4/c1-16-9-11-25(4)19(13-16)14-23(31-18(3)27)24-21-8-7-20(17(2)15-30-32(6,28)29)26(21,5)12-10-22(24)25;1-14(4-7-21(27)28)17-5-6-18-22-19(9-11-24(17,18)3)23(2)10-8-16(25)12-15(23)13-20(22)26/h16-17,19-24H,7-15H2,1-6H3;14-20,22,25-26H,4-13H2,1-3H3,(H,27,28)/t16-,17+,19-,20+,21?,22?,23?,24-,25-,26+;14-,15+,16+,17-,18?,19?,20?,22+,23+,24-/m01/s1. The molecule has 8 aliphatic carbocycles. The molecule has 60 heavy (non-hydrogen) atoms. The van der Waals surface area contributed by atoms with Gasteiger partial charge >= 0.3 is 11.9 Å². The Labute approximate surface area is 363 Å². The first kappa shape index (κ1) is 46.8. The van der Waals surface area contributed by atoms with Gasteiger partial charge in [0.2, 0.25) is 0 Å². The summed E-state index contributed by atoms with van der Waals surface area (Å²) in [5.74, 6) is 5.87. The number of aliphatic hydroxyl groups is 2. The Morgan fingerprint density at radius 1 is 0.683 bits per heavy atom. The van der Waals surface area contributed by atoms with Crippen LogP contribution >= 0.6 is 0 Å². The highest BCUT2D eigenvalue weighted by Gasteiger charge is 2.65. The molecule has 0 aromatic carbocycles. The van der Waals surface area contributed by atoms with E-state index in [0.29, 0.717) is 70.5 Å². The van der Waals surface area contributed by atoms with E-state index in [1.165, 1.54) is 57.8 Å². The van der Waals surface area contributed by atoms with Crippen LogP contribution in [0.25, 0.3) is 0 Å². The van der Waals surface area contributed by atoms with Crippen LogP contribution in [0.3, 0.4) is 0 Å². The summed E-state index contributed by atoms with van der Waals surface area (Å²) in [5, 5.41) is 30.5. The van der Waals surface area contributed by atoms with Crippen molar-refractivity contribution >= 4 is 22.1 Å². The molecule has 10 heteroatoms. The van der Waals surface area contributed by atoms with Crippen molar-refractivity contribution in [3.63, 3.8) is 0 Å². The maximum atomic E-state index is 12.1. The van der Waals surface area contributed by atoms with E-state index in [1.807, 2.05) is 0 Å². The molecule has 0 aromatic heterocycles. The molecule has 20 atom stereocenters. The maximum Gasteiger partial charge on any atom is 0.303 e. The second-order valence-electron chi connectivity index (χ2n) is 23.8. The van der Waals surface area contributed by atoms with Gasteiger partial charge in [0, 0.05) is 19.3 Å². The number of esters is 1. The summed E-state index contributed by atoms with van der Waals surface area (Å²) in [6, 6.07) is 0. The zero-order valence-electron chi connectivity index (χ0n) is 38.9. The van der Waals surface area contributed by atoms with E-state index >= 15 is 0 Å². The van der Waals surface area contributed by atoms with Crippen LogP contribution in [0.4, 0.5) is 0 Å². The number of carbonyl (C=O) groups is 2. The number of aliphatic hydroxyl groups excluding tert-OH is 2. The molecule has 0 bridgehead atoms. The molecule has 0 spiro atoms. The first-order chi connectivity index (χ1) is 28.0. The fourth-order valence-corrected chi connectivity index (χ4v) is 18.3. The number of carboxylic acids is 1. The summed E-state index contributed by atoms with van der Waals surface area (Å²) >= 11 is 0. The zero-order chi connectivity index (χ0) is 43.7. The fraction of sp³-hybridized carbons (Fsp3) is 0.960. The van der Waals surface area contributed by atoms with E-state index in [-0.39, 0.29) is 59.5 Å². The van der Waals surface area contributed by atoms with E-state index < -0.39 is 16.1 Å². The predicted molar refractivity (Wildman–Crippen MR) is 234 cm³/mol. The third-order valence-corrected chi connectivity index (χ3v) is 21.3. The Morgan fingerprint density at radius 3 is 1.78 bits per heavy atom. The van der Waals surface area contributed by atoms with E-state index in [0.717, 1.165) is 63.5 Å². The van der Waals surface area contributed by atoms with Gasteiger partial charge in [-0.2, -0.15) is 8.42 Å². The smallest absolute Gasteiger partial charge is 0.303 e. The van der Waals surface area contributed by atoms with Crippen molar-refractivity contribution in [3.05, 3.63) is 0 Å². The van der Waals surface area contributed by atoms with E-state index in [1.54, 1.807) is 6.92 Å². The van der Waals surface area contributed by atoms with Crippen molar-refractivity contribution < 1.29 is 42.2 Å². The average molecular weight is 861 g/mol. The first-order valence-electron chi connectivity index (χ1n) is 24.6. The molecular formula is C50H84O9S. The summed E-state index contributed by atoms with van der Waals surface area (Å²) in [4.78, 5) is 23.2.